The van der Waals surface area contributed by atoms with Crippen LogP contribution >= 0.6 is 0 Å². The molecule has 1 fully saturated rings. The topological polar surface area (TPSA) is 122 Å². The Balaban J connectivity index is 2.05. The standard InChI is InChI=1S/C41H63N3O7/c1-8-20-42-39(47)44(21-9-2)36-28-34(43-51-40(5,6)7)32-26-29(16-12-14-22-45)31(17-13-15-23-46)37-33-27-30(48-24-10-3)18-19-35(33)50-41(36,38(32)37)49-25-11-4/h10-11,18-19,26-27,29,31,36-38,45-46H,3-4,8-9,12-17,20-25,28H2,1-2,5-7H3,(H,42,47)/t29-,31+,36-,37+,38+,41+/m0/s1. The van der Waals surface area contributed by atoms with Gasteiger partial charge in [0.15, 0.2) is 0 Å². The van der Waals surface area contributed by atoms with Crippen LogP contribution in [0.5, 0.6) is 11.5 Å². The number of unbranched alkanes of at least 4 members (excludes halogenated alkanes) is 2. The predicted molar refractivity (Wildman–Crippen MR) is 202 cm³/mol. The van der Waals surface area contributed by atoms with Crippen molar-refractivity contribution >= 4 is 11.7 Å². The average molecular weight is 710 g/mol. The molecule has 10 nitrogen and oxygen atoms in total. The van der Waals surface area contributed by atoms with Gasteiger partial charge >= 0.3 is 6.03 Å². The lowest BCUT2D eigenvalue weighted by Gasteiger charge is -2.60. The van der Waals surface area contributed by atoms with Gasteiger partial charge in [0.2, 0.25) is 5.79 Å². The number of urea groups is 1. The molecule has 3 N–H and O–H groups in total. The van der Waals surface area contributed by atoms with Crippen LogP contribution in [0.4, 0.5) is 4.79 Å². The number of fused-ring (bicyclic) bond motifs is 2. The summed E-state index contributed by atoms with van der Waals surface area (Å²) in [5.41, 5.74) is 2.30. The fraction of sp³-hybridized carbons (Fsp3) is 0.659. The Hall–Kier alpha value is -3.34. The molecule has 1 heterocycles. The van der Waals surface area contributed by atoms with E-state index in [4.69, 9.17) is 24.2 Å². The molecule has 6 atom stereocenters. The SMILES string of the molecule is C=CCOc1ccc2c(c1)[C@H]1[C@H](CCCCO)[C@@H](CCCCO)C=C3C(=NOC(C)(C)C)C[C@H](N(CCC)C(=O)NCCC)[C@@](OCC=C)(O2)[C@H]31. The number of nitrogens with zero attached hydrogens (tertiary/aromatic N) is 2. The second kappa shape index (κ2) is 18.9. The maximum atomic E-state index is 14.1. The highest BCUT2D eigenvalue weighted by Crippen LogP contribution is 2.62. The minimum absolute atomic E-state index is 0.103. The fourth-order valence-corrected chi connectivity index (χ4v) is 8.06. The van der Waals surface area contributed by atoms with E-state index in [2.05, 4.69) is 37.5 Å². The zero-order chi connectivity index (χ0) is 37.0. The van der Waals surface area contributed by atoms with Crippen LogP contribution in [0.3, 0.4) is 0 Å². The lowest BCUT2D eigenvalue weighted by molar-refractivity contribution is -0.254. The number of oxime groups is 1. The van der Waals surface area contributed by atoms with E-state index in [1.54, 1.807) is 12.2 Å². The van der Waals surface area contributed by atoms with Gasteiger partial charge in [-0.2, -0.15) is 0 Å². The third-order valence-corrected chi connectivity index (χ3v) is 10.1. The summed E-state index contributed by atoms with van der Waals surface area (Å²) in [5, 5.41) is 27.6. The second-order valence-electron chi connectivity index (χ2n) is 15.0. The van der Waals surface area contributed by atoms with Gasteiger partial charge in [-0.1, -0.05) is 56.7 Å². The monoisotopic (exact) mass is 709 g/mol. The third kappa shape index (κ3) is 9.56. The van der Waals surface area contributed by atoms with Gasteiger partial charge in [-0.05, 0) is 94.9 Å². The van der Waals surface area contributed by atoms with E-state index in [0.29, 0.717) is 38.3 Å². The van der Waals surface area contributed by atoms with Crippen LogP contribution in [0.1, 0.15) is 104 Å². The maximum Gasteiger partial charge on any atom is 0.317 e. The Labute approximate surface area is 305 Å². The molecule has 4 rings (SSSR count). The zero-order valence-corrected chi connectivity index (χ0v) is 31.7. The first-order chi connectivity index (χ1) is 24.6. The molecule has 1 aromatic carbocycles. The highest BCUT2D eigenvalue weighted by molar-refractivity contribution is 6.03. The van der Waals surface area contributed by atoms with Gasteiger partial charge in [0, 0.05) is 44.2 Å². The quantitative estimate of drug-likeness (QED) is 0.0728. The molecule has 284 valence electrons. The van der Waals surface area contributed by atoms with Gasteiger partial charge in [-0.25, -0.2) is 4.79 Å². The van der Waals surface area contributed by atoms with Gasteiger partial charge in [-0.3, -0.25) is 0 Å². The van der Waals surface area contributed by atoms with Crippen molar-refractivity contribution < 1.29 is 34.1 Å². The van der Waals surface area contributed by atoms with Crippen molar-refractivity contribution in [2.24, 2.45) is 22.9 Å². The summed E-state index contributed by atoms with van der Waals surface area (Å²) in [5.74, 6) is -0.00126. The average Bonchev–Trinajstić information content (AvgIpc) is 3.11. The Morgan fingerprint density at radius 2 is 1.80 bits per heavy atom. The van der Waals surface area contributed by atoms with E-state index in [1.165, 1.54) is 0 Å². The van der Waals surface area contributed by atoms with Gasteiger partial charge in [0.25, 0.3) is 0 Å². The second-order valence-corrected chi connectivity index (χ2v) is 15.0. The van der Waals surface area contributed by atoms with E-state index >= 15 is 0 Å². The molecular weight excluding hydrogens is 646 g/mol. The lowest BCUT2D eigenvalue weighted by Crippen LogP contribution is -2.70. The van der Waals surface area contributed by atoms with Gasteiger partial charge in [0.1, 0.15) is 29.7 Å². The first kappa shape index (κ1) is 40.4. The normalized spacial score (nSPS) is 25.9. The summed E-state index contributed by atoms with van der Waals surface area (Å²) < 4.78 is 20.3. The molecule has 10 heteroatoms. The Morgan fingerprint density at radius 1 is 1.08 bits per heavy atom. The van der Waals surface area contributed by atoms with Crippen molar-refractivity contribution in [2.45, 2.75) is 116 Å². The molecule has 0 aromatic heterocycles. The third-order valence-electron chi connectivity index (χ3n) is 10.1. The van der Waals surface area contributed by atoms with Crippen molar-refractivity contribution in [3.63, 3.8) is 0 Å². The van der Waals surface area contributed by atoms with Gasteiger partial charge in [-0.15, -0.1) is 6.58 Å². The maximum absolute atomic E-state index is 14.1. The molecule has 1 aliphatic heterocycles. The Bertz CT molecular complexity index is 1370. The highest BCUT2D eigenvalue weighted by Gasteiger charge is 2.65. The summed E-state index contributed by atoms with van der Waals surface area (Å²) in [6, 6.07) is 5.28. The molecule has 0 unspecified atom stereocenters. The Morgan fingerprint density at radius 3 is 2.45 bits per heavy atom. The number of amides is 2. The van der Waals surface area contributed by atoms with Crippen LogP contribution in [0.2, 0.25) is 0 Å². The number of aliphatic hydroxyl groups is 2. The fourth-order valence-electron chi connectivity index (χ4n) is 8.06. The number of hydrogen-bond donors (Lipinski definition) is 3. The van der Waals surface area contributed by atoms with E-state index < -0.39 is 17.4 Å². The summed E-state index contributed by atoms with van der Waals surface area (Å²) in [7, 11) is 0. The lowest BCUT2D eigenvalue weighted by atomic mass is 9.55. The van der Waals surface area contributed by atoms with Crippen LogP contribution in [0.15, 0.2) is 60.3 Å². The minimum atomic E-state index is -1.27. The summed E-state index contributed by atoms with van der Waals surface area (Å²) in [6.07, 6.45) is 12.7. The molecular formula is C41H63N3O7. The predicted octanol–water partition coefficient (Wildman–Crippen LogP) is 7.52. The molecule has 0 radical (unpaired) electrons. The number of benzene rings is 1. The van der Waals surface area contributed by atoms with Crippen LogP contribution in [-0.2, 0) is 9.57 Å². The summed E-state index contributed by atoms with van der Waals surface area (Å²) in [4.78, 5) is 22.2. The van der Waals surface area contributed by atoms with E-state index in [9.17, 15) is 15.0 Å². The number of ether oxygens (including phenoxy) is 3. The largest absolute Gasteiger partial charge is 0.490 e. The van der Waals surface area contributed by atoms with Crippen molar-refractivity contribution in [3.05, 3.63) is 60.7 Å². The molecule has 2 aliphatic carbocycles. The number of aliphatic hydroxyl groups excluding tert-OH is 2. The number of carbonyl (C=O) groups excluding carboxylic acids is 1. The number of carbonyl (C=O) groups is 1. The molecule has 0 spiro atoms. The molecule has 1 aromatic rings. The molecule has 2 amide bonds. The highest BCUT2D eigenvalue weighted by atomic mass is 16.7. The minimum Gasteiger partial charge on any atom is -0.490 e. The first-order valence-electron chi connectivity index (χ1n) is 19.1. The van der Waals surface area contributed by atoms with Crippen molar-refractivity contribution in [3.8, 4) is 11.5 Å². The van der Waals surface area contributed by atoms with E-state index in [1.807, 2.05) is 44.7 Å². The van der Waals surface area contributed by atoms with Gasteiger partial charge < -0.3 is 39.5 Å². The van der Waals surface area contributed by atoms with Crippen molar-refractivity contribution in [1.82, 2.24) is 10.2 Å². The van der Waals surface area contributed by atoms with Crippen LogP contribution in [-0.4, -0.2) is 83.8 Å². The van der Waals surface area contributed by atoms with Crippen LogP contribution < -0.4 is 14.8 Å². The first-order valence-corrected chi connectivity index (χ1v) is 19.1. The molecule has 0 bridgehead atoms. The summed E-state index contributed by atoms with van der Waals surface area (Å²) >= 11 is 0. The van der Waals surface area contributed by atoms with Crippen LogP contribution in [0.25, 0.3) is 0 Å². The number of rotatable bonds is 20. The smallest absolute Gasteiger partial charge is 0.317 e. The molecule has 3 aliphatic rings. The zero-order valence-electron chi connectivity index (χ0n) is 31.7. The summed E-state index contributed by atoms with van der Waals surface area (Å²) in [6.45, 7) is 19.8. The van der Waals surface area contributed by atoms with Crippen molar-refractivity contribution in [1.29, 1.82) is 0 Å². The molecule has 1 saturated carbocycles. The number of nitrogens with one attached hydrogen (secondary N) is 1. The van der Waals surface area contributed by atoms with E-state index in [-0.39, 0.29) is 49.5 Å². The molecule has 0 saturated heterocycles. The van der Waals surface area contributed by atoms with Crippen LogP contribution in [0, 0.1) is 17.8 Å². The molecule has 51 heavy (non-hydrogen) atoms. The van der Waals surface area contributed by atoms with Gasteiger partial charge in [0.05, 0.1) is 18.2 Å². The Kier molecular flexibility index (Phi) is 15.0. The van der Waals surface area contributed by atoms with E-state index in [0.717, 1.165) is 67.5 Å². The number of allylic oxidation sites excluding steroid dienone is 1. The number of hydrogen-bond acceptors (Lipinski definition) is 8. The van der Waals surface area contributed by atoms with Crippen molar-refractivity contribution in [2.75, 3.05) is 39.5 Å².